The summed E-state index contributed by atoms with van der Waals surface area (Å²) < 4.78 is 7.33. The second-order valence-electron chi connectivity index (χ2n) is 4.17. The van der Waals surface area contributed by atoms with Gasteiger partial charge in [-0.3, -0.25) is 9.59 Å². The van der Waals surface area contributed by atoms with Crippen molar-refractivity contribution in [2.75, 3.05) is 12.4 Å². The molecule has 1 amide bonds. The number of aromatic nitrogens is 1. The molecular weight excluding hydrogens is 324 g/mol. The van der Waals surface area contributed by atoms with Crippen molar-refractivity contribution in [3.05, 3.63) is 56.9 Å². The quantitative estimate of drug-likeness (QED) is 0.936. The van der Waals surface area contributed by atoms with Crippen molar-refractivity contribution in [3.8, 4) is 5.75 Å². The van der Waals surface area contributed by atoms with Crippen molar-refractivity contribution in [2.45, 2.75) is 0 Å². The number of anilines is 1. The number of halogens is 1. The van der Waals surface area contributed by atoms with Gasteiger partial charge in [-0.1, -0.05) is 22.0 Å². The third-order valence-electron chi connectivity index (χ3n) is 2.74. The molecule has 0 fully saturated rings. The van der Waals surface area contributed by atoms with Crippen LogP contribution in [-0.2, 0) is 7.05 Å². The van der Waals surface area contributed by atoms with Crippen molar-refractivity contribution < 1.29 is 9.53 Å². The van der Waals surface area contributed by atoms with E-state index in [1.165, 1.54) is 19.4 Å². The van der Waals surface area contributed by atoms with E-state index in [0.29, 0.717) is 5.69 Å². The largest absolute Gasteiger partial charge is 0.491 e. The molecule has 2 rings (SSSR count). The van der Waals surface area contributed by atoms with E-state index in [4.69, 9.17) is 4.74 Å². The zero-order valence-corrected chi connectivity index (χ0v) is 12.6. The van der Waals surface area contributed by atoms with Gasteiger partial charge in [0.2, 0.25) is 5.43 Å². The van der Waals surface area contributed by atoms with E-state index in [9.17, 15) is 9.59 Å². The minimum Gasteiger partial charge on any atom is -0.491 e. The molecule has 20 heavy (non-hydrogen) atoms. The lowest BCUT2D eigenvalue weighted by Gasteiger charge is -2.10. The molecule has 0 saturated heterocycles. The molecule has 0 spiro atoms. The predicted molar refractivity (Wildman–Crippen MR) is 80.3 cm³/mol. The molecule has 1 heterocycles. The van der Waals surface area contributed by atoms with Gasteiger partial charge in [0, 0.05) is 23.3 Å². The second kappa shape index (κ2) is 5.92. The van der Waals surface area contributed by atoms with Crippen LogP contribution in [0, 0.1) is 0 Å². The van der Waals surface area contributed by atoms with Crippen molar-refractivity contribution >= 4 is 27.5 Å². The summed E-state index contributed by atoms with van der Waals surface area (Å²) in [4.78, 5) is 23.9. The highest BCUT2D eigenvalue weighted by Crippen LogP contribution is 2.16. The summed E-state index contributed by atoms with van der Waals surface area (Å²) in [5.74, 6) is -0.156. The van der Waals surface area contributed by atoms with Crippen LogP contribution >= 0.6 is 15.9 Å². The van der Waals surface area contributed by atoms with Gasteiger partial charge in [0.05, 0.1) is 13.3 Å². The van der Waals surface area contributed by atoms with Crippen LogP contribution in [0.4, 0.5) is 5.69 Å². The lowest BCUT2D eigenvalue weighted by atomic mass is 10.2. The maximum Gasteiger partial charge on any atom is 0.272 e. The number of ether oxygens (including phenoxy) is 1. The maximum atomic E-state index is 12.2. The van der Waals surface area contributed by atoms with E-state index in [0.717, 1.165) is 4.47 Å². The van der Waals surface area contributed by atoms with Crippen LogP contribution in [-0.4, -0.2) is 17.6 Å². The number of carbonyl (C=O) groups is 1. The first kappa shape index (κ1) is 14.3. The SMILES string of the molecule is COc1cn(C)c(C(=O)Nc2cccc(Br)c2)cc1=O. The fourth-order valence-corrected chi connectivity index (χ4v) is 2.15. The van der Waals surface area contributed by atoms with Gasteiger partial charge < -0.3 is 14.6 Å². The third kappa shape index (κ3) is 3.08. The average molecular weight is 337 g/mol. The number of benzene rings is 1. The maximum absolute atomic E-state index is 12.2. The molecule has 0 saturated carbocycles. The molecular formula is C14H13BrN2O3. The zero-order valence-electron chi connectivity index (χ0n) is 11.0. The molecule has 2 aromatic rings. The number of carbonyl (C=O) groups excluding carboxylic acids is 1. The Morgan fingerprint density at radius 3 is 2.75 bits per heavy atom. The molecule has 0 bridgehead atoms. The van der Waals surface area contributed by atoms with Gasteiger partial charge in [-0.15, -0.1) is 0 Å². The molecule has 104 valence electrons. The van der Waals surface area contributed by atoms with E-state index in [2.05, 4.69) is 21.2 Å². The molecule has 5 nitrogen and oxygen atoms in total. The van der Waals surface area contributed by atoms with Gasteiger partial charge in [-0.2, -0.15) is 0 Å². The van der Waals surface area contributed by atoms with Crippen LogP contribution in [0.25, 0.3) is 0 Å². The minimum absolute atomic E-state index is 0.200. The molecule has 1 aromatic carbocycles. The monoisotopic (exact) mass is 336 g/mol. The first-order valence-electron chi connectivity index (χ1n) is 5.83. The Kier molecular flexibility index (Phi) is 4.24. The molecule has 1 aromatic heterocycles. The fraction of sp³-hybridized carbons (Fsp3) is 0.143. The van der Waals surface area contributed by atoms with Crippen LogP contribution in [0.3, 0.4) is 0 Å². The third-order valence-corrected chi connectivity index (χ3v) is 3.23. The average Bonchev–Trinajstić information content (AvgIpc) is 2.40. The van der Waals surface area contributed by atoms with E-state index in [-0.39, 0.29) is 22.8 Å². The summed E-state index contributed by atoms with van der Waals surface area (Å²) in [5, 5.41) is 2.74. The van der Waals surface area contributed by atoms with Crippen LogP contribution in [0.2, 0.25) is 0 Å². The van der Waals surface area contributed by atoms with Gasteiger partial charge in [0.25, 0.3) is 5.91 Å². The highest BCUT2D eigenvalue weighted by atomic mass is 79.9. The minimum atomic E-state index is -0.356. The Morgan fingerprint density at radius 2 is 2.10 bits per heavy atom. The number of rotatable bonds is 3. The van der Waals surface area contributed by atoms with Crippen molar-refractivity contribution in [1.82, 2.24) is 4.57 Å². The molecule has 0 atom stereocenters. The second-order valence-corrected chi connectivity index (χ2v) is 5.08. The summed E-state index contributed by atoms with van der Waals surface area (Å²) in [6.45, 7) is 0. The number of methoxy groups -OCH3 is 1. The number of hydrogen-bond donors (Lipinski definition) is 1. The van der Waals surface area contributed by atoms with E-state index < -0.39 is 0 Å². The van der Waals surface area contributed by atoms with Gasteiger partial charge in [0.15, 0.2) is 5.75 Å². The lowest BCUT2D eigenvalue weighted by molar-refractivity contribution is 0.101. The summed E-state index contributed by atoms with van der Waals surface area (Å²) >= 11 is 3.33. The summed E-state index contributed by atoms with van der Waals surface area (Å²) in [7, 11) is 3.09. The Morgan fingerprint density at radius 1 is 1.35 bits per heavy atom. The van der Waals surface area contributed by atoms with Gasteiger partial charge >= 0.3 is 0 Å². The Balaban J connectivity index is 2.30. The number of nitrogens with one attached hydrogen (secondary N) is 1. The predicted octanol–water partition coefficient (Wildman–Crippen LogP) is 2.41. The first-order chi connectivity index (χ1) is 9.51. The van der Waals surface area contributed by atoms with E-state index in [1.807, 2.05) is 12.1 Å². The molecule has 0 aliphatic carbocycles. The van der Waals surface area contributed by atoms with Crippen LogP contribution in [0.15, 0.2) is 45.8 Å². The number of hydrogen-bond acceptors (Lipinski definition) is 3. The Hall–Kier alpha value is -2.08. The normalized spacial score (nSPS) is 10.2. The summed E-state index contributed by atoms with van der Waals surface area (Å²) in [6, 6.07) is 8.47. The van der Waals surface area contributed by atoms with E-state index in [1.54, 1.807) is 23.7 Å². The topological polar surface area (TPSA) is 60.3 Å². The smallest absolute Gasteiger partial charge is 0.272 e. The van der Waals surface area contributed by atoms with Gasteiger partial charge in [0.1, 0.15) is 5.69 Å². The number of pyridine rings is 1. The highest BCUT2D eigenvalue weighted by Gasteiger charge is 2.12. The zero-order chi connectivity index (χ0) is 14.7. The summed E-state index contributed by atoms with van der Waals surface area (Å²) in [5.41, 5.74) is 0.577. The molecule has 0 aliphatic rings. The molecule has 0 unspecified atom stereocenters. The number of aryl methyl sites for hydroxylation is 1. The van der Waals surface area contributed by atoms with Crippen molar-refractivity contribution in [3.63, 3.8) is 0 Å². The fourth-order valence-electron chi connectivity index (χ4n) is 1.75. The Labute approximate surface area is 124 Å². The highest BCUT2D eigenvalue weighted by molar-refractivity contribution is 9.10. The Bertz CT molecular complexity index is 710. The van der Waals surface area contributed by atoms with Gasteiger partial charge in [-0.05, 0) is 18.2 Å². The first-order valence-corrected chi connectivity index (χ1v) is 6.62. The number of amides is 1. The van der Waals surface area contributed by atoms with Gasteiger partial charge in [-0.25, -0.2) is 0 Å². The van der Waals surface area contributed by atoms with Crippen LogP contribution < -0.4 is 15.5 Å². The molecule has 6 heteroatoms. The van der Waals surface area contributed by atoms with Crippen molar-refractivity contribution in [2.24, 2.45) is 7.05 Å². The lowest BCUT2D eigenvalue weighted by Crippen LogP contribution is -2.21. The van der Waals surface area contributed by atoms with Crippen LogP contribution in [0.1, 0.15) is 10.5 Å². The standard InChI is InChI=1S/C14H13BrN2O3/c1-17-8-13(20-2)12(18)7-11(17)14(19)16-10-5-3-4-9(15)6-10/h3-8H,1-2H3,(H,16,19). The summed E-state index contributed by atoms with van der Waals surface area (Å²) in [6.07, 6.45) is 1.48. The van der Waals surface area contributed by atoms with E-state index >= 15 is 0 Å². The van der Waals surface area contributed by atoms with Crippen LogP contribution in [0.5, 0.6) is 5.75 Å². The molecule has 0 radical (unpaired) electrons. The number of nitrogens with zero attached hydrogens (tertiary/aromatic N) is 1. The molecule has 1 N–H and O–H groups in total. The molecule has 0 aliphatic heterocycles. The van der Waals surface area contributed by atoms with Crippen molar-refractivity contribution in [1.29, 1.82) is 0 Å².